The van der Waals surface area contributed by atoms with Crippen LogP contribution in [0.25, 0.3) is 11.1 Å². The number of carbonyl (C=O) groups is 1. The Kier molecular flexibility index (Phi) is 6.05. The minimum Gasteiger partial charge on any atom is -0.483 e. The van der Waals surface area contributed by atoms with Gasteiger partial charge in [0.1, 0.15) is 5.75 Å². The van der Waals surface area contributed by atoms with Crippen molar-refractivity contribution >= 4 is 5.91 Å². The zero-order valence-electron chi connectivity index (χ0n) is 14.9. The van der Waals surface area contributed by atoms with Gasteiger partial charge in [0.25, 0.3) is 5.91 Å². The van der Waals surface area contributed by atoms with E-state index < -0.39 is 0 Å². The van der Waals surface area contributed by atoms with E-state index in [1.165, 1.54) is 5.56 Å². The van der Waals surface area contributed by atoms with Gasteiger partial charge in [0, 0.05) is 12.1 Å². The molecule has 3 aromatic carbocycles. The second-order valence-corrected chi connectivity index (χ2v) is 6.27. The number of hydrogen-bond donors (Lipinski definition) is 1. The lowest BCUT2D eigenvalue weighted by molar-refractivity contribution is -0.123. The molecule has 0 aliphatic rings. The average Bonchev–Trinajstić information content (AvgIpc) is 2.72. The summed E-state index contributed by atoms with van der Waals surface area (Å²) in [5, 5.41) is 2.95. The normalized spacial score (nSPS) is 11.6. The van der Waals surface area contributed by atoms with E-state index in [0.29, 0.717) is 12.3 Å². The first-order valence-corrected chi connectivity index (χ1v) is 8.83. The Morgan fingerprint density at radius 2 is 1.50 bits per heavy atom. The number of hydrogen-bond acceptors (Lipinski definition) is 2. The lowest BCUT2D eigenvalue weighted by atomic mass is 10.0. The van der Waals surface area contributed by atoms with Crippen LogP contribution in [0.1, 0.15) is 18.4 Å². The molecule has 1 atom stereocenters. The third kappa shape index (κ3) is 4.73. The van der Waals surface area contributed by atoms with Crippen LogP contribution >= 0.6 is 0 Å². The Bertz CT molecular complexity index is 831. The Hall–Kier alpha value is -3.07. The molecule has 3 heteroatoms. The Labute approximate surface area is 154 Å². The van der Waals surface area contributed by atoms with Crippen molar-refractivity contribution in [3.05, 3.63) is 90.5 Å². The molecule has 0 spiro atoms. The molecule has 26 heavy (non-hydrogen) atoms. The Balaban J connectivity index is 1.55. The van der Waals surface area contributed by atoms with Crippen LogP contribution in [0.5, 0.6) is 5.75 Å². The first-order chi connectivity index (χ1) is 12.7. The number of benzene rings is 3. The zero-order valence-corrected chi connectivity index (χ0v) is 14.9. The third-order valence-electron chi connectivity index (χ3n) is 4.30. The fourth-order valence-electron chi connectivity index (χ4n) is 2.81. The van der Waals surface area contributed by atoms with Gasteiger partial charge >= 0.3 is 0 Å². The Morgan fingerprint density at radius 1 is 0.885 bits per heavy atom. The van der Waals surface area contributed by atoms with E-state index in [1.807, 2.05) is 72.8 Å². The van der Waals surface area contributed by atoms with Gasteiger partial charge in [-0.2, -0.15) is 0 Å². The zero-order chi connectivity index (χ0) is 18.2. The van der Waals surface area contributed by atoms with Crippen LogP contribution in [0.2, 0.25) is 0 Å². The molecule has 0 aromatic heterocycles. The minimum absolute atomic E-state index is 0.00531. The van der Waals surface area contributed by atoms with Crippen molar-refractivity contribution in [1.82, 2.24) is 5.32 Å². The molecule has 132 valence electrons. The van der Waals surface area contributed by atoms with Crippen LogP contribution in [0.15, 0.2) is 84.9 Å². The highest BCUT2D eigenvalue weighted by Crippen LogP contribution is 2.29. The number of carbonyl (C=O) groups excluding carboxylic acids is 1. The summed E-state index contributed by atoms with van der Waals surface area (Å²) in [4.78, 5) is 12.2. The maximum Gasteiger partial charge on any atom is 0.257 e. The largest absolute Gasteiger partial charge is 0.483 e. The second-order valence-electron chi connectivity index (χ2n) is 6.27. The highest BCUT2D eigenvalue weighted by atomic mass is 16.5. The number of rotatable bonds is 7. The molecule has 0 aliphatic carbocycles. The SMILES string of the molecule is C[C@H](CNC(=O)COc1ccccc1-c1ccccc1)c1ccccc1. The summed E-state index contributed by atoms with van der Waals surface area (Å²) in [5.74, 6) is 0.859. The molecule has 1 amide bonds. The van der Waals surface area contributed by atoms with Gasteiger partial charge < -0.3 is 10.1 Å². The van der Waals surface area contributed by atoms with Gasteiger partial charge in [-0.3, -0.25) is 4.79 Å². The summed E-state index contributed by atoms with van der Waals surface area (Å²) in [6, 6.07) is 28.0. The predicted octanol–water partition coefficient (Wildman–Crippen LogP) is 4.65. The third-order valence-corrected chi connectivity index (χ3v) is 4.30. The summed E-state index contributed by atoms with van der Waals surface area (Å²) in [7, 11) is 0. The Morgan fingerprint density at radius 3 is 2.23 bits per heavy atom. The van der Waals surface area contributed by atoms with Crippen molar-refractivity contribution in [3.63, 3.8) is 0 Å². The van der Waals surface area contributed by atoms with Gasteiger partial charge in [-0.05, 0) is 23.1 Å². The first-order valence-electron chi connectivity index (χ1n) is 8.83. The minimum atomic E-state index is -0.115. The number of para-hydroxylation sites is 1. The molecular formula is C23H23NO2. The molecule has 1 N–H and O–H groups in total. The highest BCUT2D eigenvalue weighted by molar-refractivity contribution is 5.78. The molecule has 0 saturated heterocycles. The molecule has 0 saturated carbocycles. The van der Waals surface area contributed by atoms with E-state index in [4.69, 9.17) is 4.74 Å². The molecule has 0 heterocycles. The van der Waals surface area contributed by atoms with E-state index >= 15 is 0 Å². The molecular weight excluding hydrogens is 322 g/mol. The van der Waals surface area contributed by atoms with Crippen LogP contribution in [0.4, 0.5) is 0 Å². The molecule has 3 aromatic rings. The number of nitrogens with one attached hydrogen (secondary N) is 1. The molecule has 0 fully saturated rings. The van der Waals surface area contributed by atoms with Crippen LogP contribution < -0.4 is 10.1 Å². The van der Waals surface area contributed by atoms with Gasteiger partial charge in [0.05, 0.1) is 0 Å². The first kappa shape index (κ1) is 17.7. The van der Waals surface area contributed by atoms with E-state index in [9.17, 15) is 4.79 Å². The molecule has 3 nitrogen and oxygen atoms in total. The maximum absolute atomic E-state index is 12.2. The van der Waals surface area contributed by atoms with Crippen molar-refractivity contribution in [2.24, 2.45) is 0 Å². The number of amides is 1. The lowest BCUT2D eigenvalue weighted by Crippen LogP contribution is -2.31. The van der Waals surface area contributed by atoms with Crippen molar-refractivity contribution in [1.29, 1.82) is 0 Å². The van der Waals surface area contributed by atoms with Crippen LogP contribution in [0, 0.1) is 0 Å². The summed E-state index contributed by atoms with van der Waals surface area (Å²) in [5.41, 5.74) is 3.27. The fraction of sp³-hybridized carbons (Fsp3) is 0.174. The molecule has 3 rings (SSSR count). The average molecular weight is 345 g/mol. The van der Waals surface area contributed by atoms with Gasteiger partial charge in [-0.1, -0.05) is 85.8 Å². The van der Waals surface area contributed by atoms with Gasteiger partial charge in [-0.25, -0.2) is 0 Å². The summed E-state index contributed by atoms with van der Waals surface area (Å²) >= 11 is 0. The molecule has 0 radical (unpaired) electrons. The standard InChI is InChI=1S/C23H23NO2/c1-18(19-10-4-2-5-11-19)16-24-23(25)17-26-22-15-9-8-14-21(22)20-12-6-3-7-13-20/h2-15,18H,16-17H2,1H3,(H,24,25)/t18-/m1/s1. The van der Waals surface area contributed by atoms with Crippen LogP contribution in [-0.2, 0) is 4.79 Å². The van der Waals surface area contributed by atoms with Gasteiger partial charge in [0.2, 0.25) is 0 Å². The van der Waals surface area contributed by atoms with Crippen LogP contribution in [-0.4, -0.2) is 19.1 Å². The monoisotopic (exact) mass is 345 g/mol. The summed E-state index contributed by atoms with van der Waals surface area (Å²) in [6.07, 6.45) is 0. The molecule has 0 aliphatic heterocycles. The fourth-order valence-corrected chi connectivity index (χ4v) is 2.81. The van der Waals surface area contributed by atoms with Crippen molar-refractivity contribution in [2.45, 2.75) is 12.8 Å². The lowest BCUT2D eigenvalue weighted by Gasteiger charge is -2.14. The van der Waals surface area contributed by atoms with E-state index in [2.05, 4.69) is 24.4 Å². The predicted molar refractivity (Wildman–Crippen MR) is 105 cm³/mol. The maximum atomic E-state index is 12.2. The number of ether oxygens (including phenoxy) is 1. The topological polar surface area (TPSA) is 38.3 Å². The summed E-state index contributed by atoms with van der Waals surface area (Å²) in [6.45, 7) is 2.69. The smallest absolute Gasteiger partial charge is 0.257 e. The van der Waals surface area contributed by atoms with Crippen molar-refractivity contribution < 1.29 is 9.53 Å². The second kappa shape index (κ2) is 8.86. The van der Waals surface area contributed by atoms with E-state index in [0.717, 1.165) is 11.1 Å². The van der Waals surface area contributed by atoms with E-state index in [-0.39, 0.29) is 18.4 Å². The molecule has 0 unspecified atom stereocenters. The molecule has 0 bridgehead atoms. The van der Waals surface area contributed by atoms with Gasteiger partial charge in [0.15, 0.2) is 6.61 Å². The van der Waals surface area contributed by atoms with E-state index in [1.54, 1.807) is 0 Å². The van der Waals surface area contributed by atoms with Crippen molar-refractivity contribution in [2.75, 3.05) is 13.2 Å². The van der Waals surface area contributed by atoms with Crippen molar-refractivity contribution in [3.8, 4) is 16.9 Å². The highest BCUT2D eigenvalue weighted by Gasteiger charge is 2.10. The van der Waals surface area contributed by atoms with Crippen LogP contribution in [0.3, 0.4) is 0 Å². The van der Waals surface area contributed by atoms with Gasteiger partial charge in [-0.15, -0.1) is 0 Å². The quantitative estimate of drug-likeness (QED) is 0.677. The summed E-state index contributed by atoms with van der Waals surface area (Å²) < 4.78 is 5.78.